The number of hydrogen-bond donors (Lipinski definition) is 3. The predicted octanol–water partition coefficient (Wildman–Crippen LogP) is 7.15. The van der Waals surface area contributed by atoms with Crippen LogP contribution in [0.1, 0.15) is 184 Å². The van der Waals surface area contributed by atoms with Crippen LogP contribution in [0.3, 0.4) is 0 Å². The third-order valence-electron chi connectivity index (χ3n) is 8.75. The first-order valence-corrected chi connectivity index (χ1v) is 25.3. The number of carbonyl (C=O) groups excluding carboxylic acids is 3. The third kappa shape index (κ3) is 33.5. The van der Waals surface area contributed by atoms with Crippen molar-refractivity contribution >= 4 is 41.5 Å². The van der Waals surface area contributed by atoms with E-state index in [9.17, 15) is 27.4 Å². The Morgan fingerprint density at radius 3 is 1.26 bits per heavy atom. The van der Waals surface area contributed by atoms with Gasteiger partial charge in [-0.1, -0.05) is 137 Å². The Morgan fingerprint density at radius 1 is 0.692 bits per heavy atom. The highest BCUT2D eigenvalue weighted by Gasteiger charge is 2.28. The van der Waals surface area contributed by atoms with Crippen LogP contribution in [-0.4, -0.2) is 126 Å². The van der Waals surface area contributed by atoms with Gasteiger partial charge in [0.1, 0.15) is 18.9 Å². The minimum absolute atomic E-state index is 0.00694. The van der Waals surface area contributed by atoms with Crippen LogP contribution >= 0.6 is 7.37 Å². The zero-order chi connectivity index (χ0) is 53.2. The zero-order valence-electron chi connectivity index (χ0n) is 45.1. The first-order chi connectivity index (χ1) is 28.3. The summed E-state index contributed by atoms with van der Waals surface area (Å²) in [5, 5.41) is 45.0. The first kappa shape index (κ1) is 68.0. The number of nitrogens with zero attached hydrogens (tertiary/aromatic N) is 11. The Morgan fingerprint density at radius 2 is 1.06 bits per heavy atom. The number of hydrogen-bond acceptors (Lipinski definition) is 16. The highest BCUT2D eigenvalue weighted by molar-refractivity contribution is 7.92. The molecule has 0 aliphatic heterocycles. The molecule has 0 bridgehead atoms. The minimum Gasteiger partial charge on any atom is -0.450 e. The molecule has 0 amide bonds. The lowest BCUT2D eigenvalue weighted by Gasteiger charge is -2.21. The van der Waals surface area contributed by atoms with Gasteiger partial charge in [-0.3, -0.25) is 18.9 Å². The molecule has 3 heterocycles. The van der Waals surface area contributed by atoms with Crippen molar-refractivity contribution < 1.29 is 37.3 Å². The molecule has 0 aliphatic rings. The molecule has 3 aromatic heterocycles. The second-order valence-corrected chi connectivity index (χ2v) is 28.8. The molecule has 23 heteroatoms. The maximum absolute atomic E-state index is 10.9. The van der Waals surface area contributed by atoms with Crippen molar-refractivity contribution in [3.8, 4) is 0 Å². The van der Waals surface area contributed by atoms with Crippen molar-refractivity contribution in [2.24, 2.45) is 5.41 Å². The van der Waals surface area contributed by atoms with Crippen molar-refractivity contribution in [1.82, 2.24) is 61.0 Å². The highest BCUT2D eigenvalue weighted by atomic mass is 32.2. The monoisotopic (exact) mass is 963 g/mol. The van der Waals surface area contributed by atoms with Gasteiger partial charge in [-0.2, -0.15) is 10.0 Å². The molecule has 3 N–H and O–H groups in total. The van der Waals surface area contributed by atoms with Gasteiger partial charge >= 0.3 is 0 Å². The molecule has 3 rings (SSSR count). The number of nitrogens with one attached hydrogen (secondary N) is 1. The lowest BCUT2D eigenvalue weighted by Crippen LogP contribution is -2.26. The van der Waals surface area contributed by atoms with Crippen LogP contribution in [0.15, 0.2) is 0 Å². The maximum atomic E-state index is 10.9. The number of tetrazole rings is 3. The Bertz CT molecular complexity index is 2000. The van der Waals surface area contributed by atoms with Crippen LogP contribution in [0.4, 0.5) is 0 Å². The van der Waals surface area contributed by atoms with E-state index in [0.717, 1.165) is 11.6 Å². The Kier molecular flexibility index (Phi) is 27.9. The van der Waals surface area contributed by atoms with Crippen LogP contribution in [0.25, 0.3) is 0 Å². The number of aromatic amines is 1. The summed E-state index contributed by atoms with van der Waals surface area (Å²) in [5.74, 6) is 2.47. The average Bonchev–Trinajstić information content (AvgIpc) is 3.82. The summed E-state index contributed by atoms with van der Waals surface area (Å²) in [5.41, 5.74) is -0.374. The molecular weight excluding hydrogens is 874 g/mol. The Labute approximate surface area is 391 Å². The van der Waals surface area contributed by atoms with Crippen LogP contribution in [0, 0.1) is 5.41 Å². The fourth-order valence-corrected chi connectivity index (χ4v) is 2.35. The van der Waals surface area contributed by atoms with Gasteiger partial charge < -0.3 is 9.92 Å². The van der Waals surface area contributed by atoms with E-state index in [4.69, 9.17) is 9.92 Å². The van der Waals surface area contributed by atoms with E-state index in [1.165, 1.54) is 31.6 Å². The summed E-state index contributed by atoms with van der Waals surface area (Å²) in [7, 11) is -5.69. The predicted molar refractivity (Wildman–Crippen MR) is 261 cm³/mol. The zero-order valence-corrected chi connectivity index (χ0v) is 46.8. The lowest BCUT2D eigenvalue weighted by molar-refractivity contribution is -0.124. The highest BCUT2D eigenvalue weighted by Crippen LogP contribution is 2.49. The molecule has 0 saturated carbocycles. The van der Waals surface area contributed by atoms with Crippen molar-refractivity contribution in [1.29, 1.82) is 0 Å². The topological polar surface area (TPSA) is 285 Å². The van der Waals surface area contributed by atoms with E-state index in [2.05, 4.69) is 51.6 Å². The number of sulfone groups is 1. The van der Waals surface area contributed by atoms with Gasteiger partial charge in [0.05, 0.1) is 4.75 Å². The molecule has 0 radical (unpaired) electrons. The second kappa shape index (κ2) is 26.7. The molecule has 1 atom stereocenters. The molecule has 3 aromatic rings. The van der Waals surface area contributed by atoms with Gasteiger partial charge in [0.2, 0.25) is 7.37 Å². The van der Waals surface area contributed by atoms with Gasteiger partial charge in [0.25, 0.3) is 6.92 Å². The van der Waals surface area contributed by atoms with Crippen LogP contribution in [0.5, 0.6) is 0 Å². The van der Waals surface area contributed by atoms with Crippen LogP contribution in [-0.2, 0) is 58.1 Å². The van der Waals surface area contributed by atoms with Crippen molar-refractivity contribution in [2.75, 3.05) is 12.9 Å². The number of Topliss-reactive ketones (excluding diaryl/α,β-unsaturated/α-hetero) is 3. The summed E-state index contributed by atoms with van der Waals surface area (Å²) in [6, 6.07) is 0. The number of aromatic nitrogens is 12. The van der Waals surface area contributed by atoms with E-state index in [-0.39, 0.29) is 64.3 Å². The second-order valence-electron chi connectivity index (χ2n) is 23.0. The molecule has 1 unspecified atom stereocenters. The summed E-state index contributed by atoms with van der Waals surface area (Å²) in [4.78, 5) is 42.3. The molecule has 0 aromatic carbocycles. The van der Waals surface area contributed by atoms with E-state index >= 15 is 0 Å². The lowest BCUT2D eigenvalue weighted by atomic mass is 9.50. The molecule has 0 spiro atoms. The minimum atomic E-state index is -2.85. The number of carbonyl (C=O) groups is 3. The Balaban J connectivity index is -0.000000340. The molecule has 0 aliphatic carbocycles. The largest absolute Gasteiger partial charge is 0.450 e. The normalized spacial score (nSPS) is 13.0. The average molecular weight is 963 g/mol. The smallest absolute Gasteiger partial charge is 0.291 e. The van der Waals surface area contributed by atoms with Gasteiger partial charge in [0, 0.05) is 39.7 Å². The van der Waals surface area contributed by atoms with Crippen LogP contribution < -0.4 is 0 Å². The summed E-state index contributed by atoms with van der Waals surface area (Å²) in [6.07, 6.45) is 1.24. The van der Waals surface area contributed by atoms with E-state index in [0.29, 0.717) is 5.82 Å². The van der Waals surface area contributed by atoms with Gasteiger partial charge in [-0.15, -0.1) is 25.5 Å². The number of rotatable bonds is 4. The molecule has 0 saturated heterocycles. The van der Waals surface area contributed by atoms with E-state index in [1.54, 1.807) is 60.0 Å². The Hall–Kier alpha value is -3.62. The van der Waals surface area contributed by atoms with E-state index in [1.807, 2.05) is 104 Å². The number of ketones is 3. The first-order valence-electron chi connectivity index (χ1n) is 21.3. The van der Waals surface area contributed by atoms with Crippen molar-refractivity contribution in [3.05, 3.63) is 17.5 Å². The van der Waals surface area contributed by atoms with Gasteiger partial charge in [0.15, 0.2) is 38.9 Å². The molecular formula is C42H88BN12O8PS. The van der Waals surface area contributed by atoms with E-state index < -0.39 is 27.1 Å². The fourth-order valence-electron chi connectivity index (χ4n) is 2.35. The van der Waals surface area contributed by atoms with Crippen molar-refractivity contribution in [2.45, 2.75) is 218 Å². The standard InChI is InChI=1S/2C8H14N4O.C6H12O.C5H13BO.C5H10N4.C5H13O2P.C5H12O2S/c1-6(13)5-12-7(8(2,3)4)9-10-11-12;1-6(13)5-12-10-7(9-11-12)8(2,3)4;1-5(7)6(2,3)4;1-5(2,3)6(4)7;1-5(2,3)4-6-8-9-7-4;2*1-5(2,3)8(4,6)7/h2*5H2,1-4H3;1-4H3;7H,1-4H3;1-3H3,(H,6,7,8,9);1-4H3,(H,6,7);1-4H3. The summed E-state index contributed by atoms with van der Waals surface area (Å²) < 4.78 is 33.1. The quantitative estimate of drug-likeness (QED) is 0.173. The van der Waals surface area contributed by atoms with Crippen LogP contribution in [0.2, 0.25) is 12.1 Å². The summed E-state index contributed by atoms with van der Waals surface area (Å²) >= 11 is 0. The molecule has 378 valence electrons. The maximum Gasteiger partial charge on any atom is 0.291 e. The third-order valence-corrected chi connectivity index (χ3v) is 13.5. The van der Waals surface area contributed by atoms with Crippen molar-refractivity contribution in [3.63, 3.8) is 0 Å². The molecule has 65 heavy (non-hydrogen) atoms. The molecule has 0 fully saturated rings. The molecule has 20 nitrogen and oxygen atoms in total. The summed E-state index contributed by atoms with van der Waals surface area (Å²) in [6.45, 7) is 48.3. The van der Waals surface area contributed by atoms with Gasteiger partial charge in [-0.25, -0.2) is 13.1 Å². The fraction of sp³-hybridized carbons (Fsp3) is 0.857. The number of H-pyrrole nitrogens is 1. The SMILES string of the molecule is CB(O)C(C)(C)C.CC(=O)C(C)(C)C.CC(=O)Cn1nnc(C(C)(C)C)n1.CC(=O)Cn1nnnc1C(C)(C)C.CC(C)(C)P(C)(=O)O.CC(C)(C)S(C)(=O)=O.CC(C)(C)c1nn[nH]n1. The van der Waals surface area contributed by atoms with Gasteiger partial charge in [-0.05, 0) is 62.5 Å².